The Labute approximate surface area is 102 Å². The zero-order valence-corrected chi connectivity index (χ0v) is 10.3. The van der Waals surface area contributed by atoms with Crippen LogP contribution in [0.2, 0.25) is 0 Å². The number of benzene rings is 1. The molecule has 0 radical (unpaired) electrons. The maximum atomic E-state index is 11.9. The molecular weight excluding hydrogens is 214 g/mol. The van der Waals surface area contributed by atoms with Crippen molar-refractivity contribution in [2.24, 2.45) is 11.8 Å². The van der Waals surface area contributed by atoms with Gasteiger partial charge >= 0.3 is 0 Å². The van der Waals surface area contributed by atoms with E-state index >= 15 is 0 Å². The first-order chi connectivity index (χ1) is 8.15. The van der Waals surface area contributed by atoms with Crippen LogP contribution in [0, 0.1) is 12.8 Å². The largest absolute Gasteiger partial charge is 0.349 e. The van der Waals surface area contributed by atoms with E-state index in [1.165, 1.54) is 0 Å². The highest BCUT2D eigenvalue weighted by Crippen LogP contribution is 2.33. The molecule has 1 aromatic rings. The van der Waals surface area contributed by atoms with Gasteiger partial charge < -0.3 is 10.7 Å². The smallest absolute Gasteiger partial charge is 0.251 e. The first-order valence-corrected chi connectivity index (χ1v) is 6.03. The summed E-state index contributed by atoms with van der Waals surface area (Å²) >= 11 is 0. The third-order valence-electron chi connectivity index (χ3n) is 3.41. The number of nitrogens with one attached hydrogen (secondary N) is 2. The van der Waals surface area contributed by atoms with Crippen LogP contribution in [0.3, 0.4) is 0 Å². The predicted molar refractivity (Wildman–Crippen MR) is 68.6 cm³/mol. The topological polar surface area (TPSA) is 67.2 Å². The summed E-state index contributed by atoms with van der Waals surface area (Å²) in [4.78, 5) is 11.9. The lowest BCUT2D eigenvalue weighted by Crippen LogP contribution is -2.26. The number of rotatable bonds is 4. The Morgan fingerprint density at radius 2 is 2.29 bits per heavy atom. The van der Waals surface area contributed by atoms with Gasteiger partial charge in [0.2, 0.25) is 0 Å². The van der Waals surface area contributed by atoms with E-state index in [2.05, 4.69) is 17.7 Å². The molecule has 2 atom stereocenters. The number of carbonyl (C=O) groups excluding carboxylic acids is 1. The molecule has 0 bridgehead atoms. The maximum absolute atomic E-state index is 11.9. The highest BCUT2D eigenvalue weighted by molar-refractivity contribution is 5.95. The van der Waals surface area contributed by atoms with Gasteiger partial charge in [-0.1, -0.05) is 13.3 Å². The van der Waals surface area contributed by atoms with E-state index in [9.17, 15) is 4.79 Å². The van der Waals surface area contributed by atoms with Crippen LogP contribution >= 0.6 is 0 Å². The number of nitrogen functional groups attached to an aromatic ring is 1. The molecule has 92 valence electrons. The number of amides is 1. The molecular formula is C13H19N3O. The number of carbonyl (C=O) groups is 1. The lowest BCUT2D eigenvalue weighted by atomic mass is 10.1. The van der Waals surface area contributed by atoms with Gasteiger partial charge in [0, 0.05) is 11.6 Å². The van der Waals surface area contributed by atoms with Gasteiger partial charge in [0.25, 0.3) is 5.91 Å². The fraction of sp³-hybridized carbons (Fsp3) is 0.462. The van der Waals surface area contributed by atoms with E-state index < -0.39 is 0 Å². The summed E-state index contributed by atoms with van der Waals surface area (Å²) < 4.78 is 0. The van der Waals surface area contributed by atoms with Gasteiger partial charge in [0.15, 0.2) is 0 Å². The molecule has 17 heavy (non-hydrogen) atoms. The van der Waals surface area contributed by atoms with E-state index in [1.807, 2.05) is 19.1 Å². The van der Waals surface area contributed by atoms with Gasteiger partial charge in [0.1, 0.15) is 0 Å². The van der Waals surface area contributed by atoms with Gasteiger partial charge in [-0.25, -0.2) is 0 Å². The van der Waals surface area contributed by atoms with Gasteiger partial charge in [-0.2, -0.15) is 0 Å². The fourth-order valence-electron chi connectivity index (χ4n) is 2.09. The highest BCUT2D eigenvalue weighted by Gasteiger charge is 2.36. The Morgan fingerprint density at radius 1 is 1.53 bits per heavy atom. The van der Waals surface area contributed by atoms with Crippen molar-refractivity contribution in [2.45, 2.75) is 32.7 Å². The first kappa shape index (κ1) is 11.9. The molecule has 1 fully saturated rings. The van der Waals surface area contributed by atoms with E-state index in [4.69, 9.17) is 5.84 Å². The van der Waals surface area contributed by atoms with Crippen molar-refractivity contribution < 1.29 is 4.79 Å². The minimum absolute atomic E-state index is 0.0117. The Bertz CT molecular complexity index is 431. The molecule has 1 amide bonds. The minimum atomic E-state index is 0.0117. The highest BCUT2D eigenvalue weighted by atomic mass is 16.1. The minimum Gasteiger partial charge on any atom is -0.349 e. The van der Waals surface area contributed by atoms with Crippen LogP contribution in [0.4, 0.5) is 5.69 Å². The van der Waals surface area contributed by atoms with Crippen molar-refractivity contribution >= 4 is 11.6 Å². The fourth-order valence-corrected chi connectivity index (χ4v) is 2.09. The molecule has 4 heteroatoms. The normalized spacial score (nSPS) is 22.1. The molecule has 1 aliphatic rings. The second-order valence-corrected chi connectivity index (χ2v) is 4.66. The standard InChI is InChI=1S/C13H19N3O/c1-3-9-7-12(9)15-13(17)10-4-5-11(16-14)8(2)6-10/h4-6,9,12,16H,3,7,14H2,1-2H3,(H,15,17). The average molecular weight is 233 g/mol. The van der Waals surface area contributed by atoms with E-state index in [1.54, 1.807) is 6.07 Å². The molecule has 0 saturated heterocycles. The molecule has 2 rings (SSSR count). The molecule has 2 unspecified atom stereocenters. The van der Waals surface area contributed by atoms with Crippen LogP contribution in [0.1, 0.15) is 35.7 Å². The zero-order chi connectivity index (χ0) is 12.4. The van der Waals surface area contributed by atoms with Crippen LogP contribution in [0.25, 0.3) is 0 Å². The summed E-state index contributed by atoms with van der Waals surface area (Å²) in [6.07, 6.45) is 2.25. The monoisotopic (exact) mass is 233 g/mol. The van der Waals surface area contributed by atoms with Crippen molar-refractivity contribution in [2.75, 3.05) is 5.43 Å². The molecule has 0 heterocycles. The first-order valence-electron chi connectivity index (χ1n) is 6.03. The quantitative estimate of drug-likeness (QED) is 0.549. The Hall–Kier alpha value is -1.55. The molecule has 1 saturated carbocycles. The zero-order valence-electron chi connectivity index (χ0n) is 10.3. The molecule has 0 spiro atoms. The number of anilines is 1. The molecule has 1 aromatic carbocycles. The van der Waals surface area contributed by atoms with E-state index in [0.29, 0.717) is 17.5 Å². The van der Waals surface area contributed by atoms with Gasteiger partial charge in [0.05, 0.1) is 5.69 Å². The molecule has 0 aromatic heterocycles. The van der Waals surface area contributed by atoms with Crippen molar-refractivity contribution in [3.8, 4) is 0 Å². The van der Waals surface area contributed by atoms with Crippen molar-refractivity contribution in [3.05, 3.63) is 29.3 Å². The third-order valence-corrected chi connectivity index (χ3v) is 3.41. The van der Waals surface area contributed by atoms with E-state index in [0.717, 1.165) is 24.1 Å². The van der Waals surface area contributed by atoms with Crippen molar-refractivity contribution in [1.82, 2.24) is 5.32 Å². The molecule has 4 N–H and O–H groups in total. The van der Waals surface area contributed by atoms with Crippen molar-refractivity contribution in [3.63, 3.8) is 0 Å². The number of hydrogen-bond acceptors (Lipinski definition) is 3. The predicted octanol–water partition coefficient (Wildman–Crippen LogP) is 1.81. The Morgan fingerprint density at radius 3 is 2.82 bits per heavy atom. The SMILES string of the molecule is CCC1CC1NC(=O)c1ccc(NN)c(C)c1. The van der Waals surface area contributed by atoms with Crippen LogP contribution in [0.5, 0.6) is 0 Å². The van der Waals surface area contributed by atoms with E-state index in [-0.39, 0.29) is 5.91 Å². The summed E-state index contributed by atoms with van der Waals surface area (Å²) in [5, 5.41) is 3.05. The van der Waals surface area contributed by atoms with Gasteiger partial charge in [-0.05, 0) is 43.0 Å². The summed E-state index contributed by atoms with van der Waals surface area (Å²) in [6, 6.07) is 5.85. The lowest BCUT2D eigenvalue weighted by Gasteiger charge is -2.08. The van der Waals surface area contributed by atoms with Crippen LogP contribution in [-0.4, -0.2) is 11.9 Å². The number of hydrogen-bond donors (Lipinski definition) is 3. The third kappa shape index (κ3) is 2.58. The molecule has 1 aliphatic carbocycles. The average Bonchev–Trinajstić information content (AvgIpc) is 3.07. The second kappa shape index (κ2) is 4.75. The number of aryl methyl sites for hydroxylation is 1. The molecule has 0 aliphatic heterocycles. The molecule has 4 nitrogen and oxygen atoms in total. The van der Waals surface area contributed by atoms with Gasteiger partial charge in [-0.15, -0.1) is 0 Å². The maximum Gasteiger partial charge on any atom is 0.251 e. The second-order valence-electron chi connectivity index (χ2n) is 4.66. The van der Waals surface area contributed by atoms with Crippen LogP contribution in [0.15, 0.2) is 18.2 Å². The Balaban J connectivity index is 2.02. The number of nitrogens with two attached hydrogens (primary N) is 1. The number of hydrazine groups is 1. The van der Waals surface area contributed by atoms with Crippen LogP contribution < -0.4 is 16.6 Å². The van der Waals surface area contributed by atoms with Crippen LogP contribution in [-0.2, 0) is 0 Å². The summed E-state index contributed by atoms with van der Waals surface area (Å²) in [7, 11) is 0. The van der Waals surface area contributed by atoms with Crippen molar-refractivity contribution in [1.29, 1.82) is 0 Å². The summed E-state index contributed by atoms with van der Waals surface area (Å²) in [6.45, 7) is 4.08. The Kier molecular flexibility index (Phi) is 3.33. The summed E-state index contributed by atoms with van der Waals surface area (Å²) in [5.41, 5.74) is 5.12. The lowest BCUT2D eigenvalue weighted by molar-refractivity contribution is 0.0949. The van der Waals surface area contributed by atoms with Gasteiger partial charge in [-0.3, -0.25) is 10.6 Å². The summed E-state index contributed by atoms with van der Waals surface area (Å²) in [5.74, 6) is 6.04.